The standard InChI is InChI=1S/C6H4BrFINO2S/c7-5-4(13(10,11)12)2-1-3(9)6(5)8/h1-2H,(H2,10,11,12). The number of nitrogens with two attached hydrogens (primary N) is 1. The van der Waals surface area contributed by atoms with Crippen LogP contribution in [0.3, 0.4) is 0 Å². The third-order valence-electron chi connectivity index (χ3n) is 1.31. The van der Waals surface area contributed by atoms with Crippen LogP contribution in [0.5, 0.6) is 0 Å². The zero-order valence-corrected chi connectivity index (χ0v) is 10.7. The normalized spacial score (nSPS) is 11.7. The number of hydrogen-bond donors (Lipinski definition) is 1. The molecule has 0 aliphatic heterocycles. The molecule has 0 atom stereocenters. The maximum atomic E-state index is 13.1. The van der Waals surface area contributed by atoms with Crippen LogP contribution in [0.25, 0.3) is 0 Å². The van der Waals surface area contributed by atoms with Gasteiger partial charge in [-0.2, -0.15) is 0 Å². The fourth-order valence-corrected chi connectivity index (χ4v) is 3.17. The van der Waals surface area contributed by atoms with Crippen LogP contribution in [0.4, 0.5) is 4.39 Å². The highest BCUT2D eigenvalue weighted by Crippen LogP contribution is 2.27. The van der Waals surface area contributed by atoms with Gasteiger partial charge in [-0.15, -0.1) is 0 Å². The largest absolute Gasteiger partial charge is 0.239 e. The number of benzene rings is 1. The number of hydrogen-bond acceptors (Lipinski definition) is 2. The van der Waals surface area contributed by atoms with Gasteiger partial charge in [0, 0.05) is 0 Å². The SMILES string of the molecule is NS(=O)(=O)c1ccc(I)c(F)c1Br. The van der Waals surface area contributed by atoms with Crippen molar-refractivity contribution in [3.8, 4) is 0 Å². The highest BCUT2D eigenvalue weighted by atomic mass is 127. The molecule has 0 amide bonds. The Morgan fingerprint density at radius 2 is 2.00 bits per heavy atom. The highest BCUT2D eigenvalue weighted by Gasteiger charge is 2.17. The van der Waals surface area contributed by atoms with E-state index in [-0.39, 0.29) is 9.37 Å². The minimum Gasteiger partial charge on any atom is -0.225 e. The number of sulfonamides is 1. The van der Waals surface area contributed by atoms with Crippen molar-refractivity contribution in [1.82, 2.24) is 0 Å². The summed E-state index contributed by atoms with van der Waals surface area (Å²) in [5.41, 5.74) is 0. The van der Waals surface area contributed by atoms with E-state index in [1.807, 2.05) is 0 Å². The maximum absolute atomic E-state index is 13.1. The monoisotopic (exact) mass is 379 g/mol. The molecule has 0 unspecified atom stereocenters. The molecule has 3 nitrogen and oxygen atoms in total. The third kappa shape index (κ3) is 2.39. The lowest BCUT2D eigenvalue weighted by Gasteiger charge is -2.03. The zero-order valence-electron chi connectivity index (χ0n) is 6.09. The van der Waals surface area contributed by atoms with Crippen LogP contribution in [0.1, 0.15) is 0 Å². The first-order valence-electron chi connectivity index (χ1n) is 3.00. The van der Waals surface area contributed by atoms with Gasteiger partial charge >= 0.3 is 0 Å². The summed E-state index contributed by atoms with van der Waals surface area (Å²) >= 11 is 4.58. The molecule has 0 aromatic heterocycles. The van der Waals surface area contributed by atoms with E-state index in [9.17, 15) is 12.8 Å². The van der Waals surface area contributed by atoms with Crippen LogP contribution in [-0.2, 0) is 10.0 Å². The summed E-state index contributed by atoms with van der Waals surface area (Å²) in [6.07, 6.45) is 0. The average molecular weight is 380 g/mol. The van der Waals surface area contributed by atoms with Crippen LogP contribution in [-0.4, -0.2) is 8.42 Å². The fraction of sp³-hybridized carbons (Fsp3) is 0. The van der Waals surface area contributed by atoms with E-state index in [0.29, 0.717) is 3.57 Å². The molecule has 0 spiro atoms. The summed E-state index contributed by atoms with van der Waals surface area (Å²) in [5.74, 6) is -0.618. The van der Waals surface area contributed by atoms with E-state index < -0.39 is 15.8 Å². The molecule has 0 radical (unpaired) electrons. The van der Waals surface area contributed by atoms with Gasteiger partial charge in [0.15, 0.2) is 5.82 Å². The van der Waals surface area contributed by atoms with Gasteiger partial charge < -0.3 is 0 Å². The lowest BCUT2D eigenvalue weighted by atomic mass is 10.3. The van der Waals surface area contributed by atoms with Crippen molar-refractivity contribution in [2.45, 2.75) is 4.90 Å². The molecule has 1 aromatic carbocycles. The summed E-state index contributed by atoms with van der Waals surface area (Å²) in [5, 5.41) is 4.85. The first-order chi connectivity index (χ1) is 5.84. The Balaban J connectivity index is 3.53. The average Bonchev–Trinajstić information content (AvgIpc) is 1.98. The lowest BCUT2D eigenvalue weighted by Crippen LogP contribution is -2.13. The first-order valence-corrected chi connectivity index (χ1v) is 6.42. The van der Waals surface area contributed by atoms with Crippen molar-refractivity contribution in [2.24, 2.45) is 5.14 Å². The number of primary sulfonamides is 1. The Morgan fingerprint density at radius 1 is 1.46 bits per heavy atom. The molecule has 0 fully saturated rings. The van der Waals surface area contributed by atoms with E-state index in [2.05, 4.69) is 15.9 Å². The Hall–Kier alpha value is 0.270. The molecule has 1 aromatic rings. The molecule has 0 aliphatic carbocycles. The topological polar surface area (TPSA) is 60.2 Å². The van der Waals surface area contributed by atoms with Crippen molar-refractivity contribution in [2.75, 3.05) is 0 Å². The van der Waals surface area contributed by atoms with Crippen molar-refractivity contribution in [3.63, 3.8) is 0 Å². The van der Waals surface area contributed by atoms with Crippen molar-refractivity contribution in [1.29, 1.82) is 0 Å². The van der Waals surface area contributed by atoms with Gasteiger partial charge in [0.25, 0.3) is 0 Å². The van der Waals surface area contributed by atoms with Gasteiger partial charge in [0.2, 0.25) is 10.0 Å². The maximum Gasteiger partial charge on any atom is 0.239 e. The van der Waals surface area contributed by atoms with Gasteiger partial charge in [0.05, 0.1) is 12.9 Å². The molecule has 1 rings (SSSR count). The zero-order chi connectivity index (χ0) is 10.2. The molecule has 72 valence electrons. The van der Waals surface area contributed by atoms with E-state index in [4.69, 9.17) is 5.14 Å². The Labute approximate surface area is 96.8 Å². The molecule has 7 heteroatoms. The van der Waals surface area contributed by atoms with Crippen molar-refractivity contribution in [3.05, 3.63) is 26.0 Å². The molecule has 2 N–H and O–H groups in total. The van der Waals surface area contributed by atoms with E-state index in [1.165, 1.54) is 12.1 Å². The minimum absolute atomic E-state index is 0.123. The van der Waals surface area contributed by atoms with Gasteiger partial charge in [0.1, 0.15) is 0 Å². The molecule has 0 saturated carbocycles. The molecular formula is C6H4BrFINO2S. The van der Waals surface area contributed by atoms with E-state index >= 15 is 0 Å². The molecule has 0 aliphatic rings. The molecule has 13 heavy (non-hydrogen) atoms. The molecular weight excluding hydrogens is 376 g/mol. The van der Waals surface area contributed by atoms with Crippen LogP contribution >= 0.6 is 38.5 Å². The van der Waals surface area contributed by atoms with Crippen molar-refractivity contribution < 1.29 is 12.8 Å². The second kappa shape index (κ2) is 3.79. The predicted octanol–water partition coefficient (Wildman–Crippen LogP) is 1.84. The van der Waals surface area contributed by atoms with E-state index in [0.717, 1.165) is 0 Å². The first kappa shape index (κ1) is 11.3. The summed E-state index contributed by atoms with van der Waals surface area (Å²) in [6.45, 7) is 0. The highest BCUT2D eigenvalue weighted by molar-refractivity contribution is 14.1. The lowest BCUT2D eigenvalue weighted by molar-refractivity contribution is 0.587. The van der Waals surface area contributed by atoms with Crippen LogP contribution in [0.15, 0.2) is 21.5 Å². The van der Waals surface area contributed by atoms with Crippen LogP contribution in [0, 0.1) is 9.39 Å². The summed E-state index contributed by atoms with van der Waals surface area (Å²) < 4.78 is 35.1. The van der Waals surface area contributed by atoms with Gasteiger partial charge in [-0.25, -0.2) is 17.9 Å². The summed E-state index contributed by atoms with van der Waals surface area (Å²) in [6, 6.07) is 2.60. The van der Waals surface area contributed by atoms with E-state index in [1.54, 1.807) is 22.6 Å². The third-order valence-corrected chi connectivity index (χ3v) is 4.13. The number of halogens is 3. The quantitative estimate of drug-likeness (QED) is 0.597. The van der Waals surface area contributed by atoms with Crippen LogP contribution in [0.2, 0.25) is 0 Å². The molecule has 0 saturated heterocycles. The Morgan fingerprint density at radius 3 is 2.46 bits per heavy atom. The second-order valence-corrected chi connectivity index (χ2v) is 5.70. The van der Waals surface area contributed by atoms with Gasteiger partial charge in [-0.05, 0) is 50.7 Å². The predicted molar refractivity (Wildman–Crippen MR) is 58.2 cm³/mol. The minimum atomic E-state index is -3.86. The van der Waals surface area contributed by atoms with Gasteiger partial charge in [-0.3, -0.25) is 0 Å². The Bertz CT molecular complexity index is 448. The summed E-state index contributed by atoms with van der Waals surface area (Å²) in [7, 11) is -3.86. The second-order valence-electron chi connectivity index (χ2n) is 2.22. The van der Waals surface area contributed by atoms with Crippen LogP contribution < -0.4 is 5.14 Å². The van der Waals surface area contributed by atoms with Gasteiger partial charge in [-0.1, -0.05) is 0 Å². The molecule has 0 heterocycles. The fourth-order valence-electron chi connectivity index (χ4n) is 0.728. The summed E-state index contributed by atoms with van der Waals surface area (Å²) in [4.78, 5) is -0.245. The smallest absolute Gasteiger partial charge is 0.225 e. The Kier molecular flexibility index (Phi) is 3.31. The molecule has 0 bridgehead atoms. The number of rotatable bonds is 1. The van der Waals surface area contributed by atoms with Crippen molar-refractivity contribution >= 4 is 48.5 Å².